The highest BCUT2D eigenvalue weighted by Gasteiger charge is 2.04. The lowest BCUT2D eigenvalue weighted by Gasteiger charge is -1.98. The monoisotopic (exact) mass is 187 g/mol. The van der Waals surface area contributed by atoms with Crippen LogP contribution in [-0.2, 0) is 4.84 Å². The van der Waals surface area contributed by atoms with Gasteiger partial charge in [0.25, 0.3) is 0 Å². The van der Waals surface area contributed by atoms with Gasteiger partial charge < -0.3 is 4.84 Å². The van der Waals surface area contributed by atoms with Gasteiger partial charge in [-0.1, -0.05) is 17.3 Å². The van der Waals surface area contributed by atoms with Crippen LogP contribution in [0.15, 0.2) is 59.2 Å². The molecule has 0 aromatic rings. The molecular formula is C10H9N3O. The molecule has 0 saturated carbocycles. The van der Waals surface area contributed by atoms with Crippen molar-refractivity contribution in [3.63, 3.8) is 0 Å². The van der Waals surface area contributed by atoms with Crippen LogP contribution in [0.3, 0.4) is 0 Å². The summed E-state index contributed by atoms with van der Waals surface area (Å²) in [5.74, 6) is 0. The van der Waals surface area contributed by atoms with Gasteiger partial charge in [0.15, 0.2) is 0 Å². The fourth-order valence-corrected chi connectivity index (χ4v) is 1.01. The van der Waals surface area contributed by atoms with E-state index in [0.29, 0.717) is 5.71 Å². The molecule has 0 unspecified atom stereocenters. The minimum atomic E-state index is 0.683. The van der Waals surface area contributed by atoms with Crippen LogP contribution in [0, 0.1) is 0 Å². The Morgan fingerprint density at radius 3 is 2.86 bits per heavy atom. The molecule has 14 heavy (non-hydrogen) atoms. The van der Waals surface area contributed by atoms with Gasteiger partial charge in [-0.2, -0.15) is 5.10 Å². The van der Waals surface area contributed by atoms with E-state index in [1.807, 2.05) is 30.4 Å². The number of allylic oxidation sites excluding steroid dienone is 6. The minimum absolute atomic E-state index is 0.683. The molecule has 0 aromatic heterocycles. The summed E-state index contributed by atoms with van der Waals surface area (Å²) in [6.07, 6.45) is 14.3. The molecule has 0 aromatic carbocycles. The van der Waals surface area contributed by atoms with Crippen LogP contribution in [0.5, 0.6) is 0 Å². The number of hydrogen-bond acceptors (Lipinski definition) is 4. The molecule has 0 amide bonds. The molecule has 0 spiro atoms. The summed E-state index contributed by atoms with van der Waals surface area (Å²) in [5, 5.41) is 7.97. The molecule has 0 bridgehead atoms. The Kier molecular flexibility index (Phi) is 2.56. The minimum Gasteiger partial charge on any atom is -0.364 e. The standard InChI is InChI=1S/C10H9N3O/c1-3-7-11-12-9(5-1)10-6-2-4-8-14-13-10/h1-8,11H. The Morgan fingerprint density at radius 1 is 1.00 bits per heavy atom. The van der Waals surface area contributed by atoms with Crippen LogP contribution in [0.4, 0.5) is 0 Å². The van der Waals surface area contributed by atoms with Crippen molar-refractivity contribution < 1.29 is 4.84 Å². The zero-order valence-electron chi connectivity index (χ0n) is 7.42. The second-order valence-electron chi connectivity index (χ2n) is 2.61. The van der Waals surface area contributed by atoms with E-state index in [1.54, 1.807) is 12.3 Å². The highest BCUT2D eigenvalue weighted by Crippen LogP contribution is 1.98. The molecule has 2 aliphatic rings. The molecule has 70 valence electrons. The van der Waals surface area contributed by atoms with Crippen LogP contribution >= 0.6 is 0 Å². The van der Waals surface area contributed by atoms with Crippen molar-refractivity contribution in [2.45, 2.75) is 0 Å². The fraction of sp³-hybridized carbons (Fsp3) is 0. The normalized spacial score (nSPS) is 18.9. The Labute approximate surface area is 81.6 Å². The summed E-state index contributed by atoms with van der Waals surface area (Å²) in [6, 6.07) is 0. The van der Waals surface area contributed by atoms with Gasteiger partial charge in [0.05, 0.1) is 0 Å². The number of hydrogen-bond donors (Lipinski definition) is 1. The van der Waals surface area contributed by atoms with Gasteiger partial charge in [-0.3, -0.25) is 5.43 Å². The lowest BCUT2D eigenvalue weighted by Crippen LogP contribution is -2.11. The summed E-state index contributed by atoms with van der Waals surface area (Å²) >= 11 is 0. The topological polar surface area (TPSA) is 46.0 Å². The molecular weight excluding hydrogens is 178 g/mol. The Balaban J connectivity index is 2.22. The van der Waals surface area contributed by atoms with Gasteiger partial charge in [0.1, 0.15) is 17.7 Å². The van der Waals surface area contributed by atoms with E-state index >= 15 is 0 Å². The molecule has 0 fully saturated rings. The third kappa shape index (κ3) is 1.98. The average Bonchev–Trinajstić information content (AvgIpc) is 2.62. The number of hydrazone groups is 1. The van der Waals surface area contributed by atoms with E-state index in [1.165, 1.54) is 6.26 Å². The van der Waals surface area contributed by atoms with Gasteiger partial charge in [-0.05, 0) is 24.3 Å². The van der Waals surface area contributed by atoms with Crippen LogP contribution in [0.2, 0.25) is 0 Å². The largest absolute Gasteiger partial charge is 0.364 e. The van der Waals surface area contributed by atoms with Crippen LogP contribution in [0.1, 0.15) is 0 Å². The zero-order valence-corrected chi connectivity index (χ0v) is 7.42. The number of oxime groups is 1. The van der Waals surface area contributed by atoms with E-state index in [0.717, 1.165) is 5.71 Å². The maximum Gasteiger partial charge on any atom is 0.130 e. The number of nitrogens with zero attached hydrogens (tertiary/aromatic N) is 2. The molecule has 0 radical (unpaired) electrons. The molecule has 0 atom stereocenters. The van der Waals surface area contributed by atoms with Crippen LogP contribution in [-0.4, -0.2) is 11.4 Å². The van der Waals surface area contributed by atoms with E-state index in [2.05, 4.69) is 15.7 Å². The highest BCUT2D eigenvalue weighted by atomic mass is 16.6. The van der Waals surface area contributed by atoms with Gasteiger partial charge in [0.2, 0.25) is 0 Å². The molecule has 2 heterocycles. The van der Waals surface area contributed by atoms with E-state index in [-0.39, 0.29) is 0 Å². The first-order valence-electron chi connectivity index (χ1n) is 4.21. The van der Waals surface area contributed by atoms with E-state index in [4.69, 9.17) is 4.84 Å². The van der Waals surface area contributed by atoms with Gasteiger partial charge in [-0.25, -0.2) is 0 Å². The lowest BCUT2D eigenvalue weighted by molar-refractivity contribution is 0.270. The second-order valence-corrected chi connectivity index (χ2v) is 2.61. The third-order valence-electron chi connectivity index (χ3n) is 1.64. The smallest absolute Gasteiger partial charge is 0.130 e. The molecule has 2 aliphatic heterocycles. The third-order valence-corrected chi connectivity index (χ3v) is 1.64. The maximum absolute atomic E-state index is 4.88. The lowest BCUT2D eigenvalue weighted by atomic mass is 10.2. The first-order chi connectivity index (χ1) is 6.97. The number of nitrogens with one attached hydrogen (secondary N) is 1. The van der Waals surface area contributed by atoms with Crippen molar-refractivity contribution in [3.8, 4) is 0 Å². The van der Waals surface area contributed by atoms with Gasteiger partial charge in [-0.15, -0.1) is 0 Å². The Hall–Kier alpha value is -2.10. The summed E-state index contributed by atoms with van der Waals surface area (Å²) in [4.78, 5) is 4.88. The molecule has 1 N–H and O–H groups in total. The van der Waals surface area contributed by atoms with Crippen LogP contribution in [0.25, 0.3) is 0 Å². The summed E-state index contributed by atoms with van der Waals surface area (Å²) < 4.78 is 0. The highest BCUT2D eigenvalue weighted by molar-refractivity contribution is 6.50. The van der Waals surface area contributed by atoms with Crippen molar-refractivity contribution in [2.75, 3.05) is 0 Å². The van der Waals surface area contributed by atoms with Gasteiger partial charge in [0, 0.05) is 6.20 Å². The molecule has 0 aliphatic carbocycles. The van der Waals surface area contributed by atoms with E-state index in [9.17, 15) is 0 Å². The summed E-state index contributed by atoms with van der Waals surface area (Å²) in [5.41, 5.74) is 4.18. The predicted molar refractivity (Wildman–Crippen MR) is 55.7 cm³/mol. The number of rotatable bonds is 1. The zero-order chi connectivity index (χ0) is 9.64. The van der Waals surface area contributed by atoms with Crippen molar-refractivity contribution in [2.24, 2.45) is 10.3 Å². The SMILES string of the molecule is C1=CNN=C(C2=NOC=CC=C2)C=C1. The van der Waals surface area contributed by atoms with Crippen molar-refractivity contribution in [3.05, 3.63) is 48.9 Å². The molecule has 0 saturated heterocycles. The second kappa shape index (κ2) is 4.23. The molecule has 2 rings (SSSR count). The molecule has 4 nitrogen and oxygen atoms in total. The summed E-state index contributed by atoms with van der Waals surface area (Å²) in [7, 11) is 0. The quantitative estimate of drug-likeness (QED) is 0.675. The fourth-order valence-electron chi connectivity index (χ4n) is 1.01. The first-order valence-corrected chi connectivity index (χ1v) is 4.21. The molecule has 4 heteroatoms. The van der Waals surface area contributed by atoms with Gasteiger partial charge >= 0.3 is 0 Å². The van der Waals surface area contributed by atoms with Crippen molar-refractivity contribution in [1.29, 1.82) is 0 Å². The Bertz CT molecular complexity index is 348. The van der Waals surface area contributed by atoms with Crippen LogP contribution < -0.4 is 5.43 Å². The maximum atomic E-state index is 4.88. The van der Waals surface area contributed by atoms with Crippen molar-refractivity contribution in [1.82, 2.24) is 5.43 Å². The van der Waals surface area contributed by atoms with E-state index < -0.39 is 0 Å². The predicted octanol–water partition coefficient (Wildman–Crippen LogP) is 1.47. The average molecular weight is 187 g/mol. The van der Waals surface area contributed by atoms with Crippen molar-refractivity contribution >= 4 is 11.4 Å². The summed E-state index contributed by atoms with van der Waals surface area (Å²) in [6.45, 7) is 0. The first kappa shape index (κ1) is 8.50. The Morgan fingerprint density at radius 2 is 1.86 bits per heavy atom.